The number of benzene rings is 1. The van der Waals surface area contributed by atoms with Gasteiger partial charge in [0.15, 0.2) is 0 Å². The van der Waals surface area contributed by atoms with Gasteiger partial charge in [0.25, 0.3) is 0 Å². The van der Waals surface area contributed by atoms with E-state index in [1.165, 1.54) is 0 Å². The van der Waals surface area contributed by atoms with E-state index in [1.807, 2.05) is 37.3 Å². The fraction of sp³-hybridized carbons (Fsp3) is 0.417. The maximum absolute atomic E-state index is 11.4. The fourth-order valence-electron chi connectivity index (χ4n) is 1.40. The number of nitrogens with one attached hydrogen (secondary N) is 2. The van der Waals surface area contributed by atoms with Crippen molar-refractivity contribution in [2.45, 2.75) is 13.0 Å². The molecule has 1 aromatic rings. The van der Waals surface area contributed by atoms with E-state index >= 15 is 0 Å². The summed E-state index contributed by atoms with van der Waals surface area (Å²) < 4.78 is 0. The summed E-state index contributed by atoms with van der Waals surface area (Å²) in [6, 6.07) is 9.80. The average Bonchev–Trinajstić information content (AvgIpc) is 2.30. The van der Waals surface area contributed by atoms with Crippen molar-refractivity contribution in [2.24, 2.45) is 0 Å². The molecule has 1 rings (SSSR count). The molecule has 3 N–H and O–H groups in total. The van der Waals surface area contributed by atoms with Crippen molar-refractivity contribution < 1.29 is 9.90 Å². The number of aliphatic hydroxyl groups excluding tert-OH is 1. The Bertz CT molecular complexity index is 314. The predicted octanol–water partition coefficient (Wildman–Crippen LogP) is 0.446. The molecule has 0 spiro atoms. The van der Waals surface area contributed by atoms with E-state index in [9.17, 15) is 4.79 Å². The molecular formula is C12H18N2O2. The van der Waals surface area contributed by atoms with Crippen molar-refractivity contribution in [2.75, 3.05) is 19.7 Å². The van der Waals surface area contributed by atoms with Crippen molar-refractivity contribution in [1.82, 2.24) is 10.6 Å². The first-order chi connectivity index (χ1) is 7.74. The van der Waals surface area contributed by atoms with Gasteiger partial charge in [-0.05, 0) is 12.5 Å². The number of carbonyl (C=O) groups is 1. The standard InChI is InChI=1S/C12H18N2O2/c1-10(11-5-3-2-4-6-11)14-12(16)9-13-7-8-15/h2-6,10,13,15H,7-9H2,1H3,(H,14,16). The zero-order chi connectivity index (χ0) is 11.8. The fourth-order valence-corrected chi connectivity index (χ4v) is 1.40. The molecule has 0 aliphatic heterocycles. The lowest BCUT2D eigenvalue weighted by atomic mass is 10.1. The van der Waals surface area contributed by atoms with Gasteiger partial charge in [-0.15, -0.1) is 0 Å². The first kappa shape index (κ1) is 12.7. The summed E-state index contributed by atoms with van der Waals surface area (Å²) in [5.74, 6) is -0.0650. The van der Waals surface area contributed by atoms with Gasteiger partial charge >= 0.3 is 0 Å². The van der Waals surface area contributed by atoms with E-state index in [2.05, 4.69) is 10.6 Å². The lowest BCUT2D eigenvalue weighted by molar-refractivity contribution is -0.120. The first-order valence-electron chi connectivity index (χ1n) is 5.40. The number of carbonyl (C=O) groups excluding carboxylic acids is 1. The lowest BCUT2D eigenvalue weighted by Gasteiger charge is -2.14. The summed E-state index contributed by atoms with van der Waals surface area (Å²) in [6.07, 6.45) is 0. The smallest absolute Gasteiger partial charge is 0.234 e. The number of hydrogen-bond donors (Lipinski definition) is 3. The Morgan fingerprint density at radius 1 is 1.38 bits per heavy atom. The molecule has 4 heteroatoms. The third-order valence-corrected chi connectivity index (χ3v) is 2.25. The molecule has 0 aromatic heterocycles. The molecule has 0 bridgehead atoms. The van der Waals surface area contributed by atoms with E-state index in [0.29, 0.717) is 6.54 Å². The molecular weight excluding hydrogens is 204 g/mol. The van der Waals surface area contributed by atoms with Gasteiger partial charge in [-0.3, -0.25) is 4.79 Å². The lowest BCUT2D eigenvalue weighted by Crippen LogP contribution is -2.36. The van der Waals surface area contributed by atoms with Crippen LogP contribution in [0.2, 0.25) is 0 Å². The Hall–Kier alpha value is -1.39. The number of hydrogen-bond acceptors (Lipinski definition) is 3. The molecule has 0 fully saturated rings. The number of aliphatic hydroxyl groups is 1. The third-order valence-electron chi connectivity index (χ3n) is 2.25. The molecule has 0 saturated heterocycles. The van der Waals surface area contributed by atoms with E-state index < -0.39 is 0 Å². The molecule has 0 radical (unpaired) electrons. The molecule has 1 aromatic carbocycles. The minimum Gasteiger partial charge on any atom is -0.395 e. The average molecular weight is 222 g/mol. The summed E-state index contributed by atoms with van der Waals surface area (Å²) in [4.78, 5) is 11.4. The van der Waals surface area contributed by atoms with Gasteiger partial charge in [0, 0.05) is 6.54 Å². The van der Waals surface area contributed by atoms with Crippen LogP contribution in [0.1, 0.15) is 18.5 Å². The highest BCUT2D eigenvalue weighted by Crippen LogP contribution is 2.10. The van der Waals surface area contributed by atoms with Gasteiger partial charge in [0.1, 0.15) is 0 Å². The van der Waals surface area contributed by atoms with Crippen molar-refractivity contribution >= 4 is 5.91 Å². The maximum Gasteiger partial charge on any atom is 0.234 e. The number of rotatable bonds is 6. The van der Waals surface area contributed by atoms with Crippen LogP contribution in [-0.4, -0.2) is 30.7 Å². The van der Waals surface area contributed by atoms with Crippen molar-refractivity contribution in [1.29, 1.82) is 0 Å². The zero-order valence-electron chi connectivity index (χ0n) is 9.44. The highest BCUT2D eigenvalue weighted by Gasteiger charge is 2.07. The monoisotopic (exact) mass is 222 g/mol. The summed E-state index contributed by atoms with van der Waals surface area (Å²) in [5.41, 5.74) is 1.08. The van der Waals surface area contributed by atoms with Crippen LogP contribution in [0.5, 0.6) is 0 Å². The Morgan fingerprint density at radius 2 is 2.06 bits per heavy atom. The summed E-state index contributed by atoms with van der Waals surface area (Å²) in [6.45, 7) is 2.66. The van der Waals surface area contributed by atoms with Crippen molar-refractivity contribution in [3.05, 3.63) is 35.9 Å². The minimum absolute atomic E-state index is 0.00428. The van der Waals surface area contributed by atoms with Crippen molar-refractivity contribution in [3.63, 3.8) is 0 Å². The van der Waals surface area contributed by atoms with Crippen LogP contribution in [0, 0.1) is 0 Å². The van der Waals surface area contributed by atoms with Gasteiger partial charge in [0.05, 0.1) is 19.2 Å². The summed E-state index contributed by atoms with van der Waals surface area (Å²) in [5, 5.41) is 14.2. The highest BCUT2D eigenvalue weighted by atomic mass is 16.3. The van der Waals surface area contributed by atoms with Crippen LogP contribution in [0.25, 0.3) is 0 Å². The van der Waals surface area contributed by atoms with Crippen molar-refractivity contribution in [3.8, 4) is 0 Å². The second kappa shape index (κ2) is 6.98. The van der Waals surface area contributed by atoms with Crippen LogP contribution in [0.3, 0.4) is 0 Å². The third kappa shape index (κ3) is 4.42. The Morgan fingerprint density at radius 3 is 2.69 bits per heavy atom. The Labute approximate surface area is 95.7 Å². The normalized spacial score (nSPS) is 12.1. The molecule has 4 nitrogen and oxygen atoms in total. The quantitative estimate of drug-likeness (QED) is 0.612. The van der Waals surface area contributed by atoms with Gasteiger partial charge in [-0.2, -0.15) is 0 Å². The second-order valence-corrected chi connectivity index (χ2v) is 3.60. The topological polar surface area (TPSA) is 61.4 Å². The predicted molar refractivity (Wildman–Crippen MR) is 63.0 cm³/mol. The largest absolute Gasteiger partial charge is 0.395 e. The van der Waals surface area contributed by atoms with Crippen LogP contribution in [0.15, 0.2) is 30.3 Å². The number of amides is 1. The molecule has 88 valence electrons. The van der Waals surface area contributed by atoms with Gasteiger partial charge in [-0.25, -0.2) is 0 Å². The van der Waals surface area contributed by atoms with Gasteiger partial charge in [-0.1, -0.05) is 30.3 Å². The van der Waals surface area contributed by atoms with E-state index in [0.717, 1.165) is 5.56 Å². The van der Waals surface area contributed by atoms with Crippen LogP contribution in [-0.2, 0) is 4.79 Å². The molecule has 1 atom stereocenters. The van der Waals surface area contributed by atoms with E-state index in [1.54, 1.807) is 0 Å². The molecule has 16 heavy (non-hydrogen) atoms. The Kier molecular flexibility index (Phi) is 5.53. The molecule has 0 aliphatic rings. The highest BCUT2D eigenvalue weighted by molar-refractivity contribution is 5.78. The van der Waals surface area contributed by atoms with Crippen LogP contribution < -0.4 is 10.6 Å². The first-order valence-corrected chi connectivity index (χ1v) is 5.40. The van der Waals surface area contributed by atoms with Crippen LogP contribution in [0.4, 0.5) is 0 Å². The minimum atomic E-state index is -0.0650. The van der Waals surface area contributed by atoms with E-state index in [-0.39, 0.29) is 25.1 Å². The molecule has 0 aliphatic carbocycles. The summed E-state index contributed by atoms with van der Waals surface area (Å²) in [7, 11) is 0. The molecule has 0 saturated carbocycles. The molecule has 1 amide bonds. The zero-order valence-corrected chi connectivity index (χ0v) is 9.44. The maximum atomic E-state index is 11.4. The van der Waals surface area contributed by atoms with Gasteiger partial charge in [0.2, 0.25) is 5.91 Å². The van der Waals surface area contributed by atoms with E-state index in [4.69, 9.17) is 5.11 Å². The Balaban J connectivity index is 2.34. The second-order valence-electron chi connectivity index (χ2n) is 3.60. The van der Waals surface area contributed by atoms with Gasteiger partial charge < -0.3 is 15.7 Å². The van der Waals surface area contributed by atoms with Crippen LogP contribution >= 0.6 is 0 Å². The summed E-state index contributed by atoms with van der Waals surface area (Å²) >= 11 is 0. The molecule has 0 heterocycles. The molecule has 1 unspecified atom stereocenters. The SMILES string of the molecule is CC(NC(=O)CNCCO)c1ccccc1.